The Balaban J connectivity index is 1.54. The molecule has 10 heteroatoms. The van der Waals surface area contributed by atoms with E-state index in [2.05, 4.69) is 20.3 Å². The van der Waals surface area contributed by atoms with Crippen LogP contribution in [0.25, 0.3) is 11.4 Å². The standard InChI is InChI=1S/C20H26N8O2/c1-13-9-26(10-16-23-24-17(12-30-3)28(13)16)18(29)11-27-20(14(2)21)22-19(25-27)15-7-5-4-6-8-15/h4-8,13-14H,9-12,21H2,1-3H3/t13-,14-/m0/s1. The van der Waals surface area contributed by atoms with E-state index in [1.165, 1.54) is 0 Å². The highest BCUT2D eigenvalue weighted by Crippen LogP contribution is 2.23. The first-order valence-electron chi connectivity index (χ1n) is 9.93. The van der Waals surface area contributed by atoms with Gasteiger partial charge in [0.25, 0.3) is 0 Å². The molecule has 0 radical (unpaired) electrons. The lowest BCUT2D eigenvalue weighted by Gasteiger charge is -2.32. The molecule has 1 aliphatic heterocycles. The van der Waals surface area contributed by atoms with Crippen LogP contribution < -0.4 is 5.73 Å². The third kappa shape index (κ3) is 3.83. The van der Waals surface area contributed by atoms with Gasteiger partial charge in [-0.05, 0) is 13.8 Å². The Hall–Kier alpha value is -3.11. The lowest BCUT2D eigenvalue weighted by Crippen LogP contribution is -2.42. The fourth-order valence-electron chi connectivity index (χ4n) is 3.78. The maximum Gasteiger partial charge on any atom is 0.244 e. The Kier molecular flexibility index (Phi) is 5.60. The summed E-state index contributed by atoms with van der Waals surface area (Å²) in [5.74, 6) is 2.61. The molecule has 3 heterocycles. The van der Waals surface area contributed by atoms with Crippen LogP contribution in [0.15, 0.2) is 30.3 Å². The number of hydrogen-bond acceptors (Lipinski definition) is 7. The molecule has 1 aliphatic rings. The zero-order valence-electron chi connectivity index (χ0n) is 17.4. The van der Waals surface area contributed by atoms with E-state index in [9.17, 15) is 4.79 Å². The zero-order chi connectivity index (χ0) is 21.3. The van der Waals surface area contributed by atoms with Crippen LogP contribution in [-0.2, 0) is 29.2 Å². The molecule has 2 atom stereocenters. The van der Waals surface area contributed by atoms with Gasteiger partial charge < -0.3 is 19.9 Å². The van der Waals surface area contributed by atoms with Crippen molar-refractivity contribution in [3.63, 3.8) is 0 Å². The van der Waals surface area contributed by atoms with Gasteiger partial charge in [0.05, 0.1) is 18.6 Å². The van der Waals surface area contributed by atoms with Crippen molar-refractivity contribution in [2.75, 3.05) is 13.7 Å². The monoisotopic (exact) mass is 410 g/mol. The SMILES string of the molecule is COCc1nnc2n1[C@@H](C)CN(C(=O)Cn1nc(-c3ccccc3)nc1[C@H](C)N)C2. The number of carbonyl (C=O) groups excluding carboxylic acids is 1. The molecule has 1 aromatic carbocycles. The second-order valence-corrected chi connectivity index (χ2v) is 7.56. The van der Waals surface area contributed by atoms with Gasteiger partial charge >= 0.3 is 0 Å². The Morgan fingerprint density at radius 2 is 2.07 bits per heavy atom. The Labute approximate surface area is 174 Å². The first-order valence-corrected chi connectivity index (χ1v) is 9.93. The lowest BCUT2D eigenvalue weighted by molar-refractivity contribution is -0.134. The Morgan fingerprint density at radius 3 is 2.77 bits per heavy atom. The average Bonchev–Trinajstić information content (AvgIpc) is 3.34. The molecule has 3 aromatic rings. The Bertz CT molecular complexity index is 1030. The van der Waals surface area contributed by atoms with Gasteiger partial charge in [-0.3, -0.25) is 4.79 Å². The first-order chi connectivity index (χ1) is 14.5. The van der Waals surface area contributed by atoms with Crippen LogP contribution in [-0.4, -0.2) is 54.0 Å². The third-order valence-corrected chi connectivity index (χ3v) is 5.15. The van der Waals surface area contributed by atoms with E-state index in [-0.39, 0.29) is 24.5 Å². The lowest BCUT2D eigenvalue weighted by atomic mass is 10.2. The van der Waals surface area contributed by atoms with Gasteiger partial charge in [0.1, 0.15) is 19.0 Å². The van der Waals surface area contributed by atoms with Gasteiger partial charge in [0.2, 0.25) is 5.91 Å². The molecule has 158 valence electrons. The number of fused-ring (bicyclic) bond motifs is 1. The Morgan fingerprint density at radius 1 is 1.30 bits per heavy atom. The van der Waals surface area contributed by atoms with E-state index in [1.54, 1.807) is 16.7 Å². The summed E-state index contributed by atoms with van der Waals surface area (Å²) < 4.78 is 8.85. The molecule has 0 saturated heterocycles. The van der Waals surface area contributed by atoms with E-state index in [0.29, 0.717) is 31.3 Å². The van der Waals surface area contributed by atoms with E-state index >= 15 is 0 Å². The van der Waals surface area contributed by atoms with Gasteiger partial charge in [0, 0.05) is 19.2 Å². The van der Waals surface area contributed by atoms with Crippen LogP contribution in [0.5, 0.6) is 0 Å². The number of carbonyl (C=O) groups is 1. The number of methoxy groups -OCH3 is 1. The van der Waals surface area contributed by atoms with Crippen molar-refractivity contribution >= 4 is 5.91 Å². The largest absolute Gasteiger partial charge is 0.377 e. The summed E-state index contributed by atoms with van der Waals surface area (Å²) in [6.45, 7) is 5.30. The number of nitrogens with two attached hydrogens (primary N) is 1. The van der Waals surface area contributed by atoms with Gasteiger partial charge in [-0.1, -0.05) is 30.3 Å². The second-order valence-electron chi connectivity index (χ2n) is 7.56. The van der Waals surface area contributed by atoms with Crippen molar-refractivity contribution in [2.24, 2.45) is 5.73 Å². The quantitative estimate of drug-likeness (QED) is 0.651. The van der Waals surface area contributed by atoms with Gasteiger partial charge in [-0.25, -0.2) is 9.67 Å². The maximum atomic E-state index is 13.1. The van der Waals surface area contributed by atoms with E-state index < -0.39 is 0 Å². The summed E-state index contributed by atoms with van der Waals surface area (Å²) in [6, 6.07) is 9.37. The fraction of sp³-hybridized carbons (Fsp3) is 0.450. The second kappa shape index (κ2) is 8.33. The number of amides is 1. The highest BCUT2D eigenvalue weighted by Gasteiger charge is 2.30. The van der Waals surface area contributed by atoms with Crippen molar-refractivity contribution in [1.29, 1.82) is 0 Å². The van der Waals surface area contributed by atoms with E-state index in [4.69, 9.17) is 10.5 Å². The molecule has 10 nitrogen and oxygen atoms in total. The van der Waals surface area contributed by atoms with Crippen molar-refractivity contribution in [2.45, 2.75) is 45.6 Å². The first kappa shape index (κ1) is 20.2. The summed E-state index contributed by atoms with van der Waals surface area (Å²) >= 11 is 0. The molecule has 30 heavy (non-hydrogen) atoms. The molecular weight excluding hydrogens is 384 g/mol. The minimum Gasteiger partial charge on any atom is -0.377 e. The molecule has 4 rings (SSSR count). The van der Waals surface area contributed by atoms with Crippen molar-refractivity contribution in [3.05, 3.63) is 47.8 Å². The summed E-state index contributed by atoms with van der Waals surface area (Å²) in [5.41, 5.74) is 6.98. The fourth-order valence-corrected chi connectivity index (χ4v) is 3.78. The number of aromatic nitrogens is 6. The summed E-state index contributed by atoms with van der Waals surface area (Å²) in [4.78, 5) is 19.4. The van der Waals surface area contributed by atoms with Crippen molar-refractivity contribution < 1.29 is 9.53 Å². The summed E-state index contributed by atoms with van der Waals surface area (Å²) in [7, 11) is 1.63. The van der Waals surface area contributed by atoms with Crippen molar-refractivity contribution in [1.82, 2.24) is 34.4 Å². The van der Waals surface area contributed by atoms with E-state index in [1.807, 2.05) is 48.7 Å². The topological polar surface area (TPSA) is 117 Å². The summed E-state index contributed by atoms with van der Waals surface area (Å²) in [5, 5.41) is 13.0. The molecule has 0 unspecified atom stereocenters. The molecule has 0 aliphatic carbocycles. The number of hydrogen-bond donors (Lipinski definition) is 1. The molecule has 2 N–H and O–H groups in total. The maximum absolute atomic E-state index is 13.1. The minimum atomic E-state index is -0.345. The highest BCUT2D eigenvalue weighted by molar-refractivity contribution is 5.76. The van der Waals surface area contributed by atoms with Crippen molar-refractivity contribution in [3.8, 4) is 11.4 Å². The van der Waals surface area contributed by atoms with Crippen LogP contribution in [0.2, 0.25) is 0 Å². The molecule has 0 saturated carbocycles. The molecule has 1 amide bonds. The predicted octanol–water partition coefficient (Wildman–Crippen LogP) is 1.31. The molecule has 2 aromatic heterocycles. The number of rotatable bonds is 6. The molecule has 0 spiro atoms. The van der Waals surface area contributed by atoms with Gasteiger partial charge in [-0.2, -0.15) is 5.10 Å². The molecule has 0 fully saturated rings. The highest BCUT2D eigenvalue weighted by atomic mass is 16.5. The average molecular weight is 410 g/mol. The predicted molar refractivity (Wildman–Crippen MR) is 109 cm³/mol. The molecule has 0 bridgehead atoms. The van der Waals surface area contributed by atoms with Crippen LogP contribution in [0.4, 0.5) is 0 Å². The summed E-state index contributed by atoms with van der Waals surface area (Å²) in [6.07, 6.45) is 0. The normalized spacial score (nSPS) is 17.1. The number of ether oxygens (including phenoxy) is 1. The third-order valence-electron chi connectivity index (χ3n) is 5.15. The number of nitrogens with zero attached hydrogens (tertiary/aromatic N) is 7. The zero-order valence-corrected chi connectivity index (χ0v) is 17.4. The number of benzene rings is 1. The van der Waals surface area contributed by atoms with Crippen LogP contribution in [0.3, 0.4) is 0 Å². The smallest absolute Gasteiger partial charge is 0.244 e. The molecular formula is C20H26N8O2. The van der Waals surface area contributed by atoms with Gasteiger partial charge in [0.15, 0.2) is 17.5 Å². The minimum absolute atomic E-state index is 0.0568. The van der Waals surface area contributed by atoms with Crippen LogP contribution in [0.1, 0.15) is 43.4 Å². The van der Waals surface area contributed by atoms with Crippen LogP contribution >= 0.6 is 0 Å². The van der Waals surface area contributed by atoms with Crippen LogP contribution in [0, 0.1) is 0 Å². The van der Waals surface area contributed by atoms with E-state index in [0.717, 1.165) is 17.2 Å². The van der Waals surface area contributed by atoms with Gasteiger partial charge in [-0.15, -0.1) is 10.2 Å².